The number of hydrogen-bond acceptors (Lipinski definition) is 5. The zero-order valence-corrected chi connectivity index (χ0v) is 17.2. The third-order valence-electron chi connectivity index (χ3n) is 3.89. The summed E-state index contributed by atoms with van der Waals surface area (Å²) < 4.78 is 45.6. The molecule has 0 radical (unpaired) electrons. The predicted octanol–water partition coefficient (Wildman–Crippen LogP) is 3.53. The van der Waals surface area contributed by atoms with Gasteiger partial charge in [-0.3, -0.25) is 4.79 Å². The minimum Gasteiger partial charge on any atom is -0.496 e. The number of amides is 3. The predicted molar refractivity (Wildman–Crippen MR) is 110 cm³/mol. The maximum atomic E-state index is 12.3. The SMILES string of the molecule is COc1cc(NC(=O)Nc2ccc(OC(F)(F)F)cc2)ccc1C(=O)NCCN(C)C. The molecule has 0 heterocycles. The Morgan fingerprint density at radius 2 is 1.61 bits per heavy atom. The number of nitrogens with one attached hydrogen (secondary N) is 3. The first-order valence-electron chi connectivity index (χ1n) is 9.12. The monoisotopic (exact) mass is 440 g/mol. The maximum absolute atomic E-state index is 12.3. The normalized spacial score (nSPS) is 11.1. The highest BCUT2D eigenvalue weighted by atomic mass is 19.4. The third kappa shape index (κ3) is 8.05. The van der Waals surface area contributed by atoms with Gasteiger partial charge in [0.2, 0.25) is 0 Å². The van der Waals surface area contributed by atoms with Gasteiger partial charge >= 0.3 is 12.4 Å². The molecule has 0 aliphatic rings. The van der Waals surface area contributed by atoms with E-state index in [2.05, 4.69) is 20.7 Å². The number of ether oxygens (including phenoxy) is 2. The average molecular weight is 440 g/mol. The molecule has 0 spiro atoms. The molecule has 0 aliphatic heterocycles. The van der Waals surface area contributed by atoms with E-state index in [1.165, 1.54) is 37.4 Å². The van der Waals surface area contributed by atoms with E-state index in [1.807, 2.05) is 19.0 Å². The highest BCUT2D eigenvalue weighted by molar-refractivity contribution is 6.01. The Kier molecular flexibility index (Phi) is 8.08. The first-order chi connectivity index (χ1) is 14.6. The van der Waals surface area contributed by atoms with Crippen LogP contribution in [-0.2, 0) is 0 Å². The Bertz CT molecular complexity index is 902. The van der Waals surface area contributed by atoms with Gasteiger partial charge in [-0.05, 0) is 50.5 Å². The van der Waals surface area contributed by atoms with Crippen LogP contribution in [0.25, 0.3) is 0 Å². The van der Waals surface area contributed by atoms with Gasteiger partial charge < -0.3 is 30.3 Å². The largest absolute Gasteiger partial charge is 0.573 e. The van der Waals surface area contributed by atoms with Crippen molar-refractivity contribution in [3.05, 3.63) is 48.0 Å². The zero-order chi connectivity index (χ0) is 23.0. The highest BCUT2D eigenvalue weighted by Crippen LogP contribution is 2.25. The second-order valence-electron chi connectivity index (χ2n) is 6.63. The van der Waals surface area contributed by atoms with Crippen molar-refractivity contribution in [2.45, 2.75) is 6.36 Å². The molecule has 0 atom stereocenters. The standard InChI is InChI=1S/C20H23F3N4O4/c1-27(2)11-10-24-18(28)16-9-6-14(12-17(16)30-3)26-19(29)25-13-4-7-15(8-5-13)31-20(21,22)23/h4-9,12H,10-11H2,1-3H3,(H,24,28)(H2,25,26,29). The molecular formula is C20H23F3N4O4. The third-order valence-corrected chi connectivity index (χ3v) is 3.89. The van der Waals surface area contributed by atoms with Gasteiger partial charge in [-0.1, -0.05) is 0 Å². The average Bonchev–Trinajstić information content (AvgIpc) is 2.67. The molecule has 0 bridgehead atoms. The fourth-order valence-corrected chi connectivity index (χ4v) is 2.48. The number of carbonyl (C=O) groups excluding carboxylic acids is 2. The fraction of sp³-hybridized carbons (Fsp3) is 0.300. The summed E-state index contributed by atoms with van der Waals surface area (Å²) >= 11 is 0. The van der Waals surface area contributed by atoms with Gasteiger partial charge in [-0.25, -0.2) is 4.79 Å². The zero-order valence-electron chi connectivity index (χ0n) is 17.2. The van der Waals surface area contributed by atoms with Gasteiger partial charge in [0.15, 0.2) is 0 Å². The summed E-state index contributed by atoms with van der Waals surface area (Å²) in [5.41, 5.74) is 0.930. The number of hydrogen-bond donors (Lipinski definition) is 3. The summed E-state index contributed by atoms with van der Waals surface area (Å²) in [6.45, 7) is 1.14. The van der Waals surface area contributed by atoms with Crippen molar-refractivity contribution in [2.75, 3.05) is 44.9 Å². The molecule has 2 aromatic rings. The minimum atomic E-state index is -4.79. The van der Waals surface area contributed by atoms with E-state index in [-0.39, 0.29) is 17.3 Å². The molecule has 0 aliphatic carbocycles. The van der Waals surface area contributed by atoms with E-state index >= 15 is 0 Å². The first kappa shape index (κ1) is 23.8. The highest BCUT2D eigenvalue weighted by Gasteiger charge is 2.30. The molecule has 2 aromatic carbocycles. The maximum Gasteiger partial charge on any atom is 0.573 e. The van der Waals surface area contributed by atoms with Crippen molar-refractivity contribution < 1.29 is 32.2 Å². The van der Waals surface area contributed by atoms with Crippen LogP contribution in [0.3, 0.4) is 0 Å². The van der Waals surface area contributed by atoms with E-state index in [0.717, 1.165) is 12.1 Å². The molecule has 8 nitrogen and oxygen atoms in total. The number of urea groups is 1. The van der Waals surface area contributed by atoms with E-state index < -0.39 is 18.1 Å². The Morgan fingerprint density at radius 1 is 1.00 bits per heavy atom. The molecule has 0 saturated heterocycles. The van der Waals surface area contributed by atoms with Crippen molar-refractivity contribution in [1.29, 1.82) is 0 Å². The number of nitrogens with zero attached hydrogens (tertiary/aromatic N) is 1. The topological polar surface area (TPSA) is 91.9 Å². The number of likely N-dealkylation sites (N-methyl/N-ethyl adjacent to an activating group) is 1. The summed E-state index contributed by atoms with van der Waals surface area (Å²) in [6.07, 6.45) is -4.79. The van der Waals surface area contributed by atoms with Crippen molar-refractivity contribution in [3.63, 3.8) is 0 Å². The van der Waals surface area contributed by atoms with Crippen LogP contribution in [0.1, 0.15) is 10.4 Å². The number of carbonyl (C=O) groups is 2. The van der Waals surface area contributed by atoms with E-state index in [4.69, 9.17) is 4.74 Å². The Balaban J connectivity index is 1.97. The molecule has 3 amide bonds. The van der Waals surface area contributed by atoms with Crippen LogP contribution in [0.5, 0.6) is 11.5 Å². The van der Waals surface area contributed by atoms with E-state index in [9.17, 15) is 22.8 Å². The van der Waals surface area contributed by atoms with Gasteiger partial charge in [-0.2, -0.15) is 0 Å². The molecule has 31 heavy (non-hydrogen) atoms. The van der Waals surface area contributed by atoms with Crippen LogP contribution in [-0.4, -0.2) is 57.5 Å². The second-order valence-corrected chi connectivity index (χ2v) is 6.63. The Hall–Kier alpha value is -3.47. The van der Waals surface area contributed by atoms with Gasteiger partial charge in [0.05, 0.1) is 12.7 Å². The van der Waals surface area contributed by atoms with Crippen LogP contribution in [0, 0.1) is 0 Å². The van der Waals surface area contributed by atoms with Crippen LogP contribution in [0.2, 0.25) is 0 Å². The summed E-state index contributed by atoms with van der Waals surface area (Å²) in [7, 11) is 5.19. The molecule has 0 saturated carbocycles. The summed E-state index contributed by atoms with van der Waals surface area (Å²) in [4.78, 5) is 26.4. The Morgan fingerprint density at radius 3 is 2.19 bits per heavy atom. The number of rotatable bonds is 8. The minimum absolute atomic E-state index is 0.260. The van der Waals surface area contributed by atoms with Crippen LogP contribution in [0.4, 0.5) is 29.3 Å². The number of halogens is 3. The van der Waals surface area contributed by atoms with E-state index in [1.54, 1.807) is 0 Å². The molecule has 3 N–H and O–H groups in total. The van der Waals surface area contributed by atoms with Crippen LogP contribution >= 0.6 is 0 Å². The number of methoxy groups -OCH3 is 1. The quantitative estimate of drug-likeness (QED) is 0.584. The summed E-state index contributed by atoms with van der Waals surface area (Å²) in [5, 5.41) is 7.82. The summed E-state index contributed by atoms with van der Waals surface area (Å²) in [5.74, 6) is -0.438. The summed E-state index contributed by atoms with van der Waals surface area (Å²) in [6, 6.07) is 8.60. The molecule has 0 aromatic heterocycles. The number of alkyl halides is 3. The lowest BCUT2D eigenvalue weighted by Gasteiger charge is -2.14. The van der Waals surface area contributed by atoms with Crippen molar-refractivity contribution in [2.24, 2.45) is 0 Å². The van der Waals surface area contributed by atoms with Gasteiger partial charge in [0.1, 0.15) is 11.5 Å². The molecular weight excluding hydrogens is 417 g/mol. The van der Waals surface area contributed by atoms with Gasteiger partial charge in [0.25, 0.3) is 5.91 Å². The van der Waals surface area contributed by atoms with E-state index in [0.29, 0.717) is 24.3 Å². The fourth-order valence-electron chi connectivity index (χ4n) is 2.48. The van der Waals surface area contributed by atoms with Crippen LogP contribution < -0.4 is 25.4 Å². The molecule has 11 heteroatoms. The molecule has 168 valence electrons. The first-order valence-corrected chi connectivity index (χ1v) is 9.12. The lowest BCUT2D eigenvalue weighted by Crippen LogP contribution is -2.31. The number of anilines is 2. The Labute approximate surface area is 177 Å². The number of benzene rings is 2. The lowest BCUT2D eigenvalue weighted by atomic mass is 10.1. The van der Waals surface area contributed by atoms with Gasteiger partial charge in [0, 0.05) is 30.5 Å². The van der Waals surface area contributed by atoms with Crippen molar-refractivity contribution in [3.8, 4) is 11.5 Å². The van der Waals surface area contributed by atoms with Crippen molar-refractivity contribution >= 4 is 23.3 Å². The lowest BCUT2D eigenvalue weighted by molar-refractivity contribution is -0.274. The second kappa shape index (κ2) is 10.5. The molecule has 0 fully saturated rings. The smallest absolute Gasteiger partial charge is 0.496 e. The van der Waals surface area contributed by atoms with Gasteiger partial charge in [-0.15, -0.1) is 13.2 Å². The van der Waals surface area contributed by atoms with Crippen molar-refractivity contribution in [1.82, 2.24) is 10.2 Å². The molecule has 2 rings (SSSR count). The molecule has 0 unspecified atom stereocenters. The van der Waals surface area contributed by atoms with Crippen LogP contribution in [0.15, 0.2) is 42.5 Å².